The molecule has 0 atom stereocenters. The average Bonchev–Trinajstić information content (AvgIpc) is 3.46. The fourth-order valence-corrected chi connectivity index (χ4v) is 3.29. The average molecular weight is 361 g/mol. The van der Waals surface area contributed by atoms with Crippen molar-refractivity contribution in [3.63, 3.8) is 0 Å². The van der Waals surface area contributed by atoms with Crippen molar-refractivity contribution in [1.29, 1.82) is 0 Å². The first-order chi connectivity index (χ1) is 13.2. The fraction of sp³-hybridized carbons (Fsp3) is 0.200. The van der Waals surface area contributed by atoms with Crippen LogP contribution in [-0.4, -0.2) is 24.7 Å². The largest absolute Gasteiger partial charge is 0.305 e. The lowest BCUT2D eigenvalue weighted by Gasteiger charge is -2.04. The van der Waals surface area contributed by atoms with Gasteiger partial charge in [0.1, 0.15) is 11.5 Å². The topological polar surface area (TPSA) is 76.5 Å². The lowest BCUT2D eigenvalue weighted by molar-refractivity contribution is 0.589. The Morgan fingerprint density at radius 2 is 2.00 bits per heavy atom. The van der Waals surface area contributed by atoms with E-state index >= 15 is 0 Å². The van der Waals surface area contributed by atoms with Crippen LogP contribution in [0.4, 0.5) is 4.39 Å². The van der Waals surface area contributed by atoms with Crippen LogP contribution in [0.25, 0.3) is 22.6 Å². The van der Waals surface area contributed by atoms with Crippen molar-refractivity contribution in [3.8, 4) is 11.5 Å². The molecule has 7 heteroatoms. The molecule has 1 aromatic carbocycles. The van der Waals surface area contributed by atoms with Gasteiger partial charge in [0.2, 0.25) is 0 Å². The molecule has 1 saturated carbocycles. The van der Waals surface area contributed by atoms with Gasteiger partial charge in [-0.25, -0.2) is 19.0 Å². The van der Waals surface area contributed by atoms with Gasteiger partial charge >= 0.3 is 0 Å². The molecule has 0 amide bonds. The maximum Gasteiger partial charge on any atom is 0.254 e. The molecular formula is C20H16FN5O. The Kier molecular flexibility index (Phi) is 3.60. The zero-order valence-corrected chi connectivity index (χ0v) is 14.4. The van der Waals surface area contributed by atoms with E-state index in [2.05, 4.69) is 20.1 Å². The summed E-state index contributed by atoms with van der Waals surface area (Å²) in [6, 6.07) is 10.3. The molecule has 27 heavy (non-hydrogen) atoms. The Morgan fingerprint density at radius 3 is 2.78 bits per heavy atom. The van der Waals surface area contributed by atoms with Crippen LogP contribution in [0.15, 0.2) is 53.6 Å². The summed E-state index contributed by atoms with van der Waals surface area (Å²) in [7, 11) is 0. The van der Waals surface area contributed by atoms with Gasteiger partial charge in [-0.1, -0.05) is 18.2 Å². The highest BCUT2D eigenvalue weighted by Crippen LogP contribution is 2.38. The molecule has 3 aromatic heterocycles. The van der Waals surface area contributed by atoms with E-state index in [9.17, 15) is 9.18 Å². The van der Waals surface area contributed by atoms with Crippen molar-refractivity contribution in [1.82, 2.24) is 24.7 Å². The number of benzene rings is 1. The zero-order chi connectivity index (χ0) is 18.4. The first-order valence-corrected chi connectivity index (χ1v) is 8.85. The van der Waals surface area contributed by atoms with Crippen molar-refractivity contribution in [3.05, 3.63) is 76.1 Å². The standard InChI is InChI=1S/C20H16FN5O/c21-16-6-2-1-4-13(16)11-26-19-14(5-3-9-22-19)17(25-26)18-23-10-15(12-7-8-12)20(27)24-18/h1-6,9-10,12H,7-8,11H2,(H,23,24,27). The van der Waals surface area contributed by atoms with Crippen molar-refractivity contribution in [2.24, 2.45) is 0 Å². The maximum atomic E-state index is 14.1. The number of hydrogen-bond acceptors (Lipinski definition) is 4. The minimum atomic E-state index is -0.293. The molecule has 3 heterocycles. The van der Waals surface area contributed by atoms with Crippen LogP contribution in [0.2, 0.25) is 0 Å². The van der Waals surface area contributed by atoms with Crippen molar-refractivity contribution in [2.75, 3.05) is 0 Å². The van der Waals surface area contributed by atoms with Crippen LogP contribution < -0.4 is 5.56 Å². The molecule has 0 saturated heterocycles. The summed E-state index contributed by atoms with van der Waals surface area (Å²) < 4.78 is 15.7. The summed E-state index contributed by atoms with van der Waals surface area (Å²) in [5.74, 6) is 0.431. The number of pyridine rings is 1. The van der Waals surface area contributed by atoms with Gasteiger partial charge in [0.05, 0.1) is 11.9 Å². The van der Waals surface area contributed by atoms with E-state index in [1.54, 1.807) is 41.3 Å². The molecule has 1 N–H and O–H groups in total. The predicted octanol–water partition coefficient (Wildman–Crippen LogP) is 3.25. The SMILES string of the molecule is O=c1[nH]c(-c2nn(Cc3ccccc3F)c3ncccc23)ncc1C1CC1. The number of nitrogens with one attached hydrogen (secondary N) is 1. The highest BCUT2D eigenvalue weighted by atomic mass is 19.1. The third-order valence-corrected chi connectivity index (χ3v) is 4.85. The number of H-pyrrole nitrogens is 1. The zero-order valence-electron chi connectivity index (χ0n) is 14.4. The maximum absolute atomic E-state index is 14.1. The van der Waals surface area contributed by atoms with Gasteiger partial charge in [-0.3, -0.25) is 4.79 Å². The Balaban J connectivity index is 1.62. The second-order valence-electron chi connectivity index (χ2n) is 6.76. The molecule has 0 unspecified atom stereocenters. The van der Waals surface area contributed by atoms with Crippen LogP contribution in [0.5, 0.6) is 0 Å². The van der Waals surface area contributed by atoms with Crippen LogP contribution >= 0.6 is 0 Å². The number of nitrogens with zero attached hydrogens (tertiary/aromatic N) is 4. The summed E-state index contributed by atoms with van der Waals surface area (Å²) in [5.41, 5.74) is 2.28. The summed E-state index contributed by atoms with van der Waals surface area (Å²) >= 11 is 0. The first-order valence-electron chi connectivity index (χ1n) is 8.85. The number of aromatic nitrogens is 5. The third kappa shape index (κ3) is 2.81. The number of halogens is 1. The summed E-state index contributed by atoms with van der Waals surface area (Å²) in [5, 5.41) is 5.34. The van der Waals surface area contributed by atoms with Crippen molar-refractivity contribution < 1.29 is 4.39 Å². The van der Waals surface area contributed by atoms with Gasteiger partial charge in [-0.15, -0.1) is 0 Å². The molecular weight excluding hydrogens is 345 g/mol. The van der Waals surface area contributed by atoms with E-state index in [0.717, 1.165) is 23.8 Å². The number of hydrogen-bond donors (Lipinski definition) is 1. The molecule has 0 radical (unpaired) electrons. The summed E-state index contributed by atoms with van der Waals surface area (Å²) in [6.45, 7) is 0.241. The van der Waals surface area contributed by atoms with Gasteiger partial charge in [0.15, 0.2) is 11.5 Å². The highest BCUT2D eigenvalue weighted by molar-refractivity contribution is 5.89. The first kappa shape index (κ1) is 15.9. The van der Waals surface area contributed by atoms with E-state index < -0.39 is 0 Å². The Labute approximate surface area is 153 Å². The molecule has 0 spiro atoms. The van der Waals surface area contributed by atoms with Gasteiger partial charge in [-0.2, -0.15) is 5.10 Å². The van der Waals surface area contributed by atoms with Gasteiger partial charge in [0, 0.05) is 23.5 Å². The fourth-order valence-electron chi connectivity index (χ4n) is 3.29. The lowest BCUT2D eigenvalue weighted by atomic mass is 10.2. The molecule has 1 fully saturated rings. The molecule has 134 valence electrons. The normalized spacial score (nSPS) is 14.0. The highest BCUT2D eigenvalue weighted by Gasteiger charge is 2.27. The number of rotatable bonds is 4. The predicted molar refractivity (Wildman–Crippen MR) is 98.9 cm³/mol. The van der Waals surface area contributed by atoms with Gasteiger partial charge < -0.3 is 4.98 Å². The Bertz CT molecular complexity index is 1210. The molecule has 0 aliphatic heterocycles. The second-order valence-corrected chi connectivity index (χ2v) is 6.76. The monoisotopic (exact) mass is 361 g/mol. The quantitative estimate of drug-likeness (QED) is 0.605. The second kappa shape index (κ2) is 6.12. The Hall–Kier alpha value is -3.35. The third-order valence-electron chi connectivity index (χ3n) is 4.85. The lowest BCUT2D eigenvalue weighted by Crippen LogP contribution is -2.14. The Morgan fingerprint density at radius 1 is 1.15 bits per heavy atom. The number of aromatic amines is 1. The minimum Gasteiger partial charge on any atom is -0.305 e. The van der Waals surface area contributed by atoms with E-state index in [4.69, 9.17) is 0 Å². The van der Waals surface area contributed by atoms with E-state index in [1.165, 1.54) is 6.07 Å². The van der Waals surface area contributed by atoms with Crippen LogP contribution in [0.3, 0.4) is 0 Å². The van der Waals surface area contributed by atoms with E-state index in [-0.39, 0.29) is 17.9 Å². The molecule has 0 bridgehead atoms. The molecule has 6 nitrogen and oxygen atoms in total. The van der Waals surface area contributed by atoms with Crippen LogP contribution in [-0.2, 0) is 6.54 Å². The number of fused-ring (bicyclic) bond motifs is 1. The smallest absolute Gasteiger partial charge is 0.254 e. The van der Waals surface area contributed by atoms with Crippen LogP contribution in [0.1, 0.15) is 29.9 Å². The van der Waals surface area contributed by atoms with Gasteiger partial charge in [0.25, 0.3) is 5.56 Å². The van der Waals surface area contributed by atoms with Crippen LogP contribution in [0, 0.1) is 5.82 Å². The molecule has 5 rings (SSSR count). The van der Waals surface area contributed by atoms with Gasteiger partial charge in [-0.05, 0) is 37.0 Å². The molecule has 1 aliphatic carbocycles. The van der Waals surface area contributed by atoms with Crippen molar-refractivity contribution >= 4 is 11.0 Å². The van der Waals surface area contributed by atoms with E-state index in [0.29, 0.717) is 28.6 Å². The molecule has 1 aliphatic rings. The molecule has 4 aromatic rings. The summed E-state index contributed by atoms with van der Waals surface area (Å²) in [4.78, 5) is 24.0. The minimum absolute atomic E-state index is 0.122. The van der Waals surface area contributed by atoms with Crippen molar-refractivity contribution in [2.45, 2.75) is 25.3 Å². The van der Waals surface area contributed by atoms with E-state index in [1.807, 2.05) is 6.07 Å². The summed E-state index contributed by atoms with van der Waals surface area (Å²) in [6.07, 6.45) is 5.38.